The Morgan fingerprint density at radius 3 is 2.63 bits per heavy atom. The first-order valence-electron chi connectivity index (χ1n) is 5.98. The minimum atomic E-state index is -0.348. The Kier molecular flexibility index (Phi) is 2.77. The van der Waals surface area contributed by atoms with E-state index in [4.69, 9.17) is 4.52 Å². The lowest BCUT2D eigenvalue weighted by atomic mass is 9.99. The van der Waals surface area contributed by atoms with Gasteiger partial charge < -0.3 is 9.42 Å². The molecule has 0 unspecified atom stereocenters. The molecule has 0 aliphatic carbocycles. The highest BCUT2D eigenvalue weighted by molar-refractivity contribution is 5.94. The molecule has 1 aliphatic heterocycles. The molecule has 2 aromatic rings. The Bertz CT molecular complexity index is 603. The molecule has 3 rings (SSSR count). The highest BCUT2D eigenvalue weighted by atomic mass is 19.1. The van der Waals surface area contributed by atoms with Crippen molar-refractivity contribution in [2.45, 2.75) is 12.8 Å². The molecule has 1 aliphatic rings. The Morgan fingerprint density at radius 1 is 1.37 bits per heavy atom. The molecule has 1 fully saturated rings. The van der Waals surface area contributed by atoms with Crippen molar-refractivity contribution >= 4 is 5.91 Å². The van der Waals surface area contributed by atoms with E-state index in [1.165, 1.54) is 24.3 Å². The lowest BCUT2D eigenvalue weighted by molar-refractivity contribution is 0.0569. The second-order valence-electron chi connectivity index (χ2n) is 4.59. The van der Waals surface area contributed by atoms with Gasteiger partial charge in [0.1, 0.15) is 5.82 Å². The zero-order chi connectivity index (χ0) is 13.4. The third kappa shape index (κ3) is 2.21. The molecule has 0 saturated carbocycles. The number of benzene rings is 1. The third-order valence-corrected chi connectivity index (χ3v) is 3.15. The van der Waals surface area contributed by atoms with Gasteiger partial charge in [-0.3, -0.25) is 4.79 Å². The molecule has 5 nitrogen and oxygen atoms in total. The fourth-order valence-electron chi connectivity index (χ4n) is 2.05. The van der Waals surface area contributed by atoms with Crippen molar-refractivity contribution in [1.29, 1.82) is 0 Å². The summed E-state index contributed by atoms with van der Waals surface area (Å²) in [6.07, 6.45) is 0. The molecule has 2 heterocycles. The van der Waals surface area contributed by atoms with Gasteiger partial charge >= 0.3 is 0 Å². The van der Waals surface area contributed by atoms with E-state index in [0.29, 0.717) is 30.4 Å². The van der Waals surface area contributed by atoms with Crippen LogP contribution in [0.5, 0.6) is 0 Å². The van der Waals surface area contributed by atoms with Crippen LogP contribution in [0.1, 0.15) is 28.0 Å². The van der Waals surface area contributed by atoms with Crippen LogP contribution in [0, 0.1) is 12.7 Å². The standard InChI is InChI=1S/C13H12FN3O2/c1-8-15-12(19-16-8)10-6-17(7-10)13(18)9-2-4-11(14)5-3-9/h2-5,10H,6-7H2,1H3. The predicted octanol–water partition coefficient (Wildman–Crippen LogP) is 1.76. The SMILES string of the molecule is Cc1noc(C2CN(C(=O)c3ccc(F)cc3)C2)n1. The average Bonchev–Trinajstić information content (AvgIpc) is 2.74. The zero-order valence-electron chi connectivity index (χ0n) is 10.3. The summed E-state index contributed by atoms with van der Waals surface area (Å²) in [5.74, 6) is 0.816. The number of nitrogens with zero attached hydrogens (tertiary/aromatic N) is 3. The quantitative estimate of drug-likeness (QED) is 0.826. The van der Waals surface area contributed by atoms with E-state index in [-0.39, 0.29) is 17.6 Å². The summed E-state index contributed by atoms with van der Waals surface area (Å²) in [6, 6.07) is 5.54. The van der Waals surface area contributed by atoms with E-state index < -0.39 is 0 Å². The van der Waals surface area contributed by atoms with Gasteiger partial charge in [-0.2, -0.15) is 4.98 Å². The smallest absolute Gasteiger partial charge is 0.253 e. The van der Waals surface area contributed by atoms with Gasteiger partial charge in [0.05, 0.1) is 5.92 Å². The third-order valence-electron chi connectivity index (χ3n) is 3.15. The molecule has 0 atom stereocenters. The van der Waals surface area contributed by atoms with Crippen LogP contribution in [0.3, 0.4) is 0 Å². The normalized spacial score (nSPS) is 15.4. The molecular weight excluding hydrogens is 249 g/mol. The molecule has 19 heavy (non-hydrogen) atoms. The van der Waals surface area contributed by atoms with Crippen LogP contribution in [-0.2, 0) is 0 Å². The van der Waals surface area contributed by atoms with E-state index >= 15 is 0 Å². The van der Waals surface area contributed by atoms with Crippen LogP contribution in [-0.4, -0.2) is 34.0 Å². The maximum absolute atomic E-state index is 12.8. The maximum atomic E-state index is 12.8. The van der Waals surface area contributed by atoms with Crippen molar-refractivity contribution in [2.24, 2.45) is 0 Å². The minimum Gasteiger partial charge on any atom is -0.339 e. The molecule has 98 valence electrons. The summed E-state index contributed by atoms with van der Waals surface area (Å²) in [5.41, 5.74) is 0.488. The Balaban J connectivity index is 1.64. The number of rotatable bonds is 2. The van der Waals surface area contributed by atoms with Gasteiger partial charge in [-0.05, 0) is 31.2 Å². The van der Waals surface area contributed by atoms with Crippen LogP contribution in [0.25, 0.3) is 0 Å². The summed E-state index contributed by atoms with van der Waals surface area (Å²) in [7, 11) is 0. The minimum absolute atomic E-state index is 0.102. The van der Waals surface area contributed by atoms with Crippen molar-refractivity contribution in [3.8, 4) is 0 Å². The molecule has 6 heteroatoms. The van der Waals surface area contributed by atoms with E-state index in [1.54, 1.807) is 11.8 Å². The molecule has 1 amide bonds. The first-order chi connectivity index (χ1) is 9.13. The molecule has 1 saturated heterocycles. The first kappa shape index (κ1) is 11.8. The van der Waals surface area contributed by atoms with Crippen molar-refractivity contribution in [3.63, 3.8) is 0 Å². The van der Waals surface area contributed by atoms with E-state index in [9.17, 15) is 9.18 Å². The fraction of sp³-hybridized carbons (Fsp3) is 0.308. The summed E-state index contributed by atoms with van der Waals surface area (Å²) in [6.45, 7) is 2.86. The van der Waals surface area contributed by atoms with E-state index in [0.717, 1.165) is 0 Å². The second kappa shape index (κ2) is 4.46. The number of hydrogen-bond acceptors (Lipinski definition) is 4. The number of aromatic nitrogens is 2. The fourth-order valence-corrected chi connectivity index (χ4v) is 2.05. The average molecular weight is 261 g/mol. The second-order valence-corrected chi connectivity index (χ2v) is 4.59. The van der Waals surface area contributed by atoms with Crippen molar-refractivity contribution in [1.82, 2.24) is 15.0 Å². The van der Waals surface area contributed by atoms with Gasteiger partial charge in [-0.15, -0.1) is 0 Å². The van der Waals surface area contributed by atoms with Crippen molar-refractivity contribution in [3.05, 3.63) is 47.4 Å². The van der Waals surface area contributed by atoms with Gasteiger partial charge in [0, 0.05) is 18.7 Å². The van der Waals surface area contributed by atoms with Gasteiger partial charge in [-0.1, -0.05) is 5.16 Å². The summed E-state index contributed by atoms with van der Waals surface area (Å²) in [4.78, 5) is 17.9. The van der Waals surface area contributed by atoms with Crippen LogP contribution < -0.4 is 0 Å². The molecule has 0 radical (unpaired) electrons. The molecule has 1 aromatic heterocycles. The summed E-state index contributed by atoms with van der Waals surface area (Å²) >= 11 is 0. The highest BCUT2D eigenvalue weighted by Gasteiger charge is 2.35. The number of amides is 1. The molecular formula is C13H12FN3O2. The highest BCUT2D eigenvalue weighted by Crippen LogP contribution is 2.27. The van der Waals surface area contributed by atoms with Crippen LogP contribution >= 0.6 is 0 Å². The van der Waals surface area contributed by atoms with E-state index in [1.807, 2.05) is 0 Å². The number of hydrogen-bond donors (Lipinski definition) is 0. The molecule has 0 bridgehead atoms. The summed E-state index contributed by atoms with van der Waals surface area (Å²) < 4.78 is 17.8. The van der Waals surface area contributed by atoms with Gasteiger partial charge in [0.25, 0.3) is 5.91 Å². The molecule has 0 N–H and O–H groups in total. The number of carbonyl (C=O) groups is 1. The predicted molar refractivity (Wildman–Crippen MR) is 64.1 cm³/mol. The largest absolute Gasteiger partial charge is 0.339 e. The topological polar surface area (TPSA) is 59.2 Å². The Hall–Kier alpha value is -2.24. The van der Waals surface area contributed by atoms with Gasteiger partial charge in [0.15, 0.2) is 5.82 Å². The van der Waals surface area contributed by atoms with Gasteiger partial charge in [0.2, 0.25) is 5.89 Å². The number of aryl methyl sites for hydroxylation is 1. The lowest BCUT2D eigenvalue weighted by Crippen LogP contribution is -2.48. The van der Waals surface area contributed by atoms with Gasteiger partial charge in [-0.25, -0.2) is 4.39 Å². The monoisotopic (exact) mass is 261 g/mol. The number of likely N-dealkylation sites (tertiary alicyclic amines) is 1. The molecule has 1 aromatic carbocycles. The van der Waals surface area contributed by atoms with Crippen LogP contribution in [0.2, 0.25) is 0 Å². The lowest BCUT2D eigenvalue weighted by Gasteiger charge is -2.37. The first-order valence-corrected chi connectivity index (χ1v) is 5.98. The van der Waals surface area contributed by atoms with Crippen LogP contribution in [0.4, 0.5) is 4.39 Å². The number of carbonyl (C=O) groups excluding carboxylic acids is 1. The van der Waals surface area contributed by atoms with Crippen molar-refractivity contribution < 1.29 is 13.7 Å². The van der Waals surface area contributed by atoms with E-state index in [2.05, 4.69) is 10.1 Å². The summed E-state index contributed by atoms with van der Waals surface area (Å²) in [5, 5.41) is 3.73. The Morgan fingerprint density at radius 2 is 2.05 bits per heavy atom. The van der Waals surface area contributed by atoms with Crippen LogP contribution in [0.15, 0.2) is 28.8 Å². The number of halogens is 1. The molecule has 0 spiro atoms. The Labute approximate surface area is 109 Å². The zero-order valence-corrected chi connectivity index (χ0v) is 10.3. The van der Waals surface area contributed by atoms with Crippen molar-refractivity contribution in [2.75, 3.05) is 13.1 Å². The maximum Gasteiger partial charge on any atom is 0.253 e.